The molecule has 0 aliphatic heterocycles. The first-order chi connectivity index (χ1) is 1.73. The van der Waals surface area contributed by atoms with Gasteiger partial charge in [0.2, 0.25) is 0 Å². The molecular weight excluding hydrogens is 135 g/mol. The SMILES string of the molecule is NC(N)=O.[SeH2]. The summed E-state index contributed by atoms with van der Waals surface area (Å²) in [6, 6.07) is -0.833. The number of rotatable bonds is 0. The van der Waals surface area contributed by atoms with Crippen LogP contribution in [0.3, 0.4) is 0 Å². The average molecular weight is 141 g/mol. The van der Waals surface area contributed by atoms with E-state index in [0.717, 1.165) is 0 Å². The van der Waals surface area contributed by atoms with Crippen LogP contribution in [0.5, 0.6) is 0 Å². The van der Waals surface area contributed by atoms with Crippen molar-refractivity contribution in [2.24, 2.45) is 11.5 Å². The molecule has 0 atom stereocenters. The van der Waals surface area contributed by atoms with Gasteiger partial charge < -0.3 is 11.5 Å². The predicted octanol–water partition coefficient (Wildman–Crippen LogP) is -1.89. The van der Waals surface area contributed by atoms with Crippen molar-refractivity contribution in [2.75, 3.05) is 0 Å². The fourth-order valence-electron chi connectivity index (χ4n) is 0. The Labute approximate surface area is 40.2 Å². The Kier molecular flexibility index (Phi) is 6.70. The first kappa shape index (κ1) is 8.84. The third-order valence-electron chi connectivity index (χ3n) is 0. The molecule has 0 spiro atoms. The van der Waals surface area contributed by atoms with Crippen molar-refractivity contribution in [1.29, 1.82) is 0 Å². The van der Waals surface area contributed by atoms with Gasteiger partial charge in [0.1, 0.15) is 0 Å². The molecule has 0 fully saturated rings. The molecular formula is CH6N2OSe. The molecule has 0 unspecified atom stereocenters. The number of carbonyl (C=O) groups is 1. The normalized spacial score (nSPS) is 4.80. The van der Waals surface area contributed by atoms with Crippen LogP contribution in [0.1, 0.15) is 0 Å². The van der Waals surface area contributed by atoms with E-state index in [9.17, 15) is 0 Å². The topological polar surface area (TPSA) is 69.1 Å². The Morgan fingerprint density at radius 1 is 1.40 bits per heavy atom. The fourth-order valence-corrected chi connectivity index (χ4v) is 0. The second kappa shape index (κ2) is 3.79. The molecule has 3 nitrogen and oxygen atoms in total. The quantitative estimate of drug-likeness (QED) is 0.380. The average Bonchev–Trinajstić information content (AvgIpc) is 0.811. The van der Waals surface area contributed by atoms with Crippen molar-refractivity contribution in [3.63, 3.8) is 0 Å². The van der Waals surface area contributed by atoms with Gasteiger partial charge in [-0.3, -0.25) is 0 Å². The van der Waals surface area contributed by atoms with Crippen molar-refractivity contribution in [3.05, 3.63) is 0 Å². The van der Waals surface area contributed by atoms with Crippen molar-refractivity contribution >= 4 is 23.1 Å². The fraction of sp³-hybridized carbons (Fsp3) is 0. The Bertz CT molecular complexity index is 32.6. The van der Waals surface area contributed by atoms with Crippen molar-refractivity contribution < 1.29 is 4.79 Å². The van der Waals surface area contributed by atoms with Gasteiger partial charge in [-0.05, 0) is 0 Å². The van der Waals surface area contributed by atoms with E-state index in [2.05, 4.69) is 11.5 Å². The summed E-state index contributed by atoms with van der Waals surface area (Å²) in [5, 5.41) is 0. The molecule has 0 saturated heterocycles. The van der Waals surface area contributed by atoms with E-state index in [1.165, 1.54) is 0 Å². The van der Waals surface area contributed by atoms with E-state index in [1.807, 2.05) is 0 Å². The Morgan fingerprint density at radius 2 is 1.40 bits per heavy atom. The van der Waals surface area contributed by atoms with Gasteiger partial charge in [0.15, 0.2) is 0 Å². The van der Waals surface area contributed by atoms with Crippen LogP contribution in [0.25, 0.3) is 0 Å². The summed E-state index contributed by atoms with van der Waals surface area (Å²) in [5.41, 5.74) is 8.50. The van der Waals surface area contributed by atoms with Gasteiger partial charge in [-0.25, -0.2) is 4.79 Å². The van der Waals surface area contributed by atoms with Crippen LogP contribution in [0.2, 0.25) is 0 Å². The zero-order valence-electron chi connectivity index (χ0n) is 2.56. The number of carbonyl (C=O) groups excluding carboxylic acids is 1. The summed E-state index contributed by atoms with van der Waals surface area (Å²) in [4.78, 5) is 9.00. The summed E-state index contributed by atoms with van der Waals surface area (Å²) in [6.07, 6.45) is 0. The molecule has 0 aliphatic rings. The summed E-state index contributed by atoms with van der Waals surface area (Å²) >= 11 is 0. The molecule has 0 heterocycles. The molecule has 0 aromatic carbocycles. The number of hydrogen-bond donors (Lipinski definition) is 2. The van der Waals surface area contributed by atoms with Gasteiger partial charge in [-0.15, -0.1) is 0 Å². The maximum absolute atomic E-state index is 9.00. The molecule has 0 aliphatic carbocycles. The molecule has 0 bridgehead atoms. The molecule has 0 radical (unpaired) electrons. The van der Waals surface area contributed by atoms with Gasteiger partial charge in [0.05, 0.1) is 0 Å². The zero-order chi connectivity index (χ0) is 3.58. The van der Waals surface area contributed by atoms with Gasteiger partial charge in [-0.1, -0.05) is 0 Å². The molecule has 32 valence electrons. The molecule has 0 aromatic rings. The van der Waals surface area contributed by atoms with Crippen LogP contribution in [0.4, 0.5) is 4.79 Å². The molecule has 2 amide bonds. The van der Waals surface area contributed by atoms with Gasteiger partial charge in [0, 0.05) is 0 Å². The maximum atomic E-state index is 9.00. The van der Waals surface area contributed by atoms with Crippen molar-refractivity contribution in [1.82, 2.24) is 0 Å². The minimum atomic E-state index is -0.833. The van der Waals surface area contributed by atoms with Crippen LogP contribution in [0, 0.1) is 0 Å². The van der Waals surface area contributed by atoms with E-state index in [1.54, 1.807) is 0 Å². The van der Waals surface area contributed by atoms with E-state index in [0.29, 0.717) is 0 Å². The number of amides is 2. The van der Waals surface area contributed by atoms with Crippen LogP contribution in [0.15, 0.2) is 0 Å². The minimum absolute atomic E-state index is 0. The van der Waals surface area contributed by atoms with Crippen molar-refractivity contribution in [2.45, 2.75) is 0 Å². The number of hydrogen-bond acceptors (Lipinski definition) is 1. The van der Waals surface area contributed by atoms with E-state index >= 15 is 0 Å². The van der Waals surface area contributed by atoms with Crippen LogP contribution < -0.4 is 11.5 Å². The standard InChI is InChI=1S/CH4N2O.H2Se/c2-1(3)4;/h(H4,2,3,4);1H2. The van der Waals surface area contributed by atoms with Gasteiger partial charge in [0.25, 0.3) is 0 Å². The van der Waals surface area contributed by atoms with Gasteiger partial charge >= 0.3 is 23.1 Å². The third kappa shape index (κ3) is 274. The van der Waals surface area contributed by atoms with E-state index in [4.69, 9.17) is 4.79 Å². The van der Waals surface area contributed by atoms with Crippen LogP contribution in [-0.4, -0.2) is 23.1 Å². The summed E-state index contributed by atoms with van der Waals surface area (Å²) in [6.45, 7) is 0. The van der Waals surface area contributed by atoms with Crippen LogP contribution in [-0.2, 0) is 0 Å². The first-order valence-electron chi connectivity index (χ1n) is 0.781. The predicted molar refractivity (Wildman–Crippen MR) is 22.3 cm³/mol. The van der Waals surface area contributed by atoms with Crippen LogP contribution >= 0.6 is 0 Å². The van der Waals surface area contributed by atoms with E-state index in [-0.39, 0.29) is 17.1 Å². The molecule has 5 heavy (non-hydrogen) atoms. The molecule has 0 aromatic heterocycles. The van der Waals surface area contributed by atoms with E-state index < -0.39 is 6.03 Å². The second-order valence-electron chi connectivity index (χ2n) is 0.402. The molecule has 0 rings (SSSR count). The molecule has 0 saturated carbocycles. The van der Waals surface area contributed by atoms with Crippen molar-refractivity contribution in [3.8, 4) is 0 Å². The number of urea groups is 1. The third-order valence-corrected chi connectivity index (χ3v) is 0. The molecule has 4 heteroatoms. The Hall–Kier alpha value is -0.211. The number of nitrogens with two attached hydrogens (primary N) is 2. The molecule has 4 N–H and O–H groups in total. The number of primary amides is 2. The summed E-state index contributed by atoms with van der Waals surface area (Å²) in [5.74, 6) is 0. The summed E-state index contributed by atoms with van der Waals surface area (Å²) < 4.78 is 0. The summed E-state index contributed by atoms with van der Waals surface area (Å²) in [7, 11) is 0. The Balaban J connectivity index is 0. The Morgan fingerprint density at radius 3 is 1.40 bits per heavy atom. The zero-order valence-corrected chi connectivity index (χ0v) is 4.66. The first-order valence-corrected chi connectivity index (χ1v) is 0.781. The monoisotopic (exact) mass is 142 g/mol. The van der Waals surface area contributed by atoms with Gasteiger partial charge in [-0.2, -0.15) is 0 Å². The second-order valence-corrected chi connectivity index (χ2v) is 0.402.